The molecule has 0 saturated heterocycles. The van der Waals surface area contributed by atoms with Crippen LogP contribution in [-0.2, 0) is 39.1 Å². The van der Waals surface area contributed by atoms with E-state index in [0.29, 0.717) is 5.92 Å². The molecule has 2 nitrogen and oxygen atoms in total. The standard InChI is InChI=1S/C24H32NOS.Y/c1-2-3-4-13-24(26)22-15-14-19(17-23(22)25)21-12-6-9-18(21)8-5-10-20-11-7-16-27-20;/h7,11-12,14-15,17-18,24,26H,2-6,8-10,13,25H2,1H3;/q-1;/t18-,24?;/m0./s1. The second kappa shape index (κ2) is 12.3. The number of aryl methyl sites for hydroxylation is 1. The second-order valence-electron chi connectivity index (χ2n) is 7.70. The number of nitrogens with two attached hydrogens (primary N) is 1. The zero-order valence-electron chi connectivity index (χ0n) is 17.0. The van der Waals surface area contributed by atoms with Crippen LogP contribution in [0.25, 0.3) is 5.57 Å². The molecule has 1 aromatic heterocycles. The van der Waals surface area contributed by atoms with Crippen molar-refractivity contribution < 1.29 is 37.8 Å². The third kappa shape index (κ3) is 6.52. The molecule has 1 aliphatic carbocycles. The summed E-state index contributed by atoms with van der Waals surface area (Å²) >= 11 is 1.74. The van der Waals surface area contributed by atoms with Crippen molar-refractivity contribution in [2.24, 2.45) is 5.92 Å². The van der Waals surface area contributed by atoms with Gasteiger partial charge in [-0.25, -0.2) is 6.07 Å². The van der Waals surface area contributed by atoms with E-state index in [0.717, 1.165) is 43.4 Å². The molecule has 0 bridgehead atoms. The van der Waals surface area contributed by atoms with Gasteiger partial charge in [-0.15, -0.1) is 10.3 Å². The molecule has 1 aliphatic rings. The van der Waals surface area contributed by atoms with Crippen molar-refractivity contribution in [1.82, 2.24) is 0 Å². The van der Waals surface area contributed by atoms with Gasteiger partial charge in [-0.3, -0.25) is 0 Å². The molecule has 0 saturated carbocycles. The molecule has 2 atom stereocenters. The third-order valence-electron chi connectivity index (χ3n) is 5.68. The maximum atomic E-state index is 10.4. The maximum Gasteiger partial charge on any atom is 0.0809 e. The molecule has 3 rings (SSSR count). The summed E-state index contributed by atoms with van der Waals surface area (Å²) in [4.78, 5) is 1.43. The Balaban J connectivity index is 0.00000280. The summed E-state index contributed by atoms with van der Waals surface area (Å²) in [6.07, 6.45) is 12.1. The number of rotatable bonds is 10. The Morgan fingerprint density at radius 1 is 1.25 bits per heavy atom. The van der Waals surface area contributed by atoms with Gasteiger partial charge in [0.15, 0.2) is 0 Å². The molecule has 149 valence electrons. The van der Waals surface area contributed by atoms with Gasteiger partial charge in [0.05, 0.1) is 6.10 Å². The molecule has 1 aromatic carbocycles. The van der Waals surface area contributed by atoms with Crippen molar-refractivity contribution in [3.8, 4) is 0 Å². The molecule has 0 spiro atoms. The zero-order chi connectivity index (χ0) is 19.1. The van der Waals surface area contributed by atoms with Crippen LogP contribution < -0.4 is 5.73 Å². The fraction of sp³-hybridized carbons (Fsp3) is 0.500. The summed E-state index contributed by atoms with van der Waals surface area (Å²) in [6, 6.07) is 10.5. The zero-order valence-corrected chi connectivity index (χ0v) is 20.6. The van der Waals surface area contributed by atoms with Crippen LogP contribution in [0, 0.1) is 11.3 Å². The van der Waals surface area contributed by atoms with Crippen LogP contribution in [0.2, 0.25) is 0 Å². The molecule has 0 aliphatic heterocycles. The summed E-state index contributed by atoms with van der Waals surface area (Å²) in [5.41, 5.74) is 10.6. The van der Waals surface area contributed by atoms with Crippen molar-refractivity contribution in [2.45, 2.75) is 70.8 Å². The van der Waals surface area contributed by atoms with E-state index in [1.165, 1.54) is 41.7 Å². The van der Waals surface area contributed by atoms with Crippen molar-refractivity contribution in [2.75, 3.05) is 5.73 Å². The Morgan fingerprint density at radius 3 is 2.82 bits per heavy atom. The Labute approximate surface area is 199 Å². The van der Waals surface area contributed by atoms with E-state index in [2.05, 4.69) is 36.6 Å². The molecular formula is C24H32NOSY-. The minimum Gasteiger partial charge on any atom is -0.398 e. The van der Waals surface area contributed by atoms with Crippen molar-refractivity contribution in [3.63, 3.8) is 0 Å². The molecule has 1 unspecified atom stereocenters. The number of hydrogen-bond acceptors (Lipinski definition) is 3. The number of allylic oxidation sites excluding steroid dienone is 2. The molecule has 4 heteroatoms. The van der Waals surface area contributed by atoms with Crippen LogP contribution in [0.15, 0.2) is 36.4 Å². The van der Waals surface area contributed by atoms with Gasteiger partial charge < -0.3 is 22.2 Å². The van der Waals surface area contributed by atoms with Gasteiger partial charge in [-0.05, 0) is 48.8 Å². The number of unbranched alkanes of at least 4 members (excludes halogenated alkanes) is 2. The number of aliphatic hydroxyl groups excluding tert-OH is 1. The first kappa shape index (κ1) is 23.8. The fourth-order valence-electron chi connectivity index (χ4n) is 4.14. The van der Waals surface area contributed by atoms with Gasteiger partial charge in [-0.2, -0.15) is 6.07 Å². The predicted octanol–water partition coefficient (Wildman–Crippen LogP) is 6.56. The molecule has 1 heterocycles. The Hall–Kier alpha value is -0.476. The average Bonchev–Trinajstić information content (AvgIpc) is 3.34. The van der Waals surface area contributed by atoms with Gasteiger partial charge in [0.2, 0.25) is 0 Å². The van der Waals surface area contributed by atoms with Crippen LogP contribution in [-0.4, -0.2) is 5.11 Å². The topological polar surface area (TPSA) is 46.2 Å². The van der Waals surface area contributed by atoms with Gasteiger partial charge in [0, 0.05) is 44.0 Å². The number of aliphatic hydroxyl groups is 1. The van der Waals surface area contributed by atoms with Crippen LogP contribution >= 0.6 is 11.3 Å². The van der Waals surface area contributed by atoms with Crippen LogP contribution in [0.1, 0.15) is 80.4 Å². The molecule has 2 aromatic rings. The van der Waals surface area contributed by atoms with E-state index >= 15 is 0 Å². The van der Waals surface area contributed by atoms with E-state index in [4.69, 9.17) is 5.73 Å². The van der Waals surface area contributed by atoms with Crippen molar-refractivity contribution in [1.29, 1.82) is 0 Å². The molecule has 28 heavy (non-hydrogen) atoms. The molecule has 0 fully saturated rings. The molecular weight excluding hydrogens is 439 g/mol. The van der Waals surface area contributed by atoms with Crippen molar-refractivity contribution >= 4 is 22.6 Å². The van der Waals surface area contributed by atoms with Crippen LogP contribution in [0.3, 0.4) is 0 Å². The van der Waals surface area contributed by atoms with Crippen LogP contribution in [0.4, 0.5) is 5.69 Å². The summed E-state index contributed by atoms with van der Waals surface area (Å²) in [7, 11) is 0. The SMILES string of the molecule is CCCCCC(O)c1ccc(C2=CCC[C@@H]2CCCc2cc[c-]s2)cc1N.[Y]. The first-order valence-corrected chi connectivity index (χ1v) is 11.2. The summed E-state index contributed by atoms with van der Waals surface area (Å²) in [5.74, 6) is 0.633. The van der Waals surface area contributed by atoms with E-state index < -0.39 is 6.10 Å². The first-order valence-electron chi connectivity index (χ1n) is 10.4. The van der Waals surface area contributed by atoms with E-state index in [1.54, 1.807) is 11.3 Å². The van der Waals surface area contributed by atoms with Gasteiger partial charge in [-0.1, -0.05) is 57.2 Å². The fourth-order valence-corrected chi connectivity index (χ4v) is 4.81. The summed E-state index contributed by atoms with van der Waals surface area (Å²) < 4.78 is 0. The number of hydrogen-bond donors (Lipinski definition) is 2. The van der Waals surface area contributed by atoms with E-state index in [1.807, 2.05) is 12.1 Å². The monoisotopic (exact) mass is 471 g/mol. The Morgan fingerprint density at radius 2 is 2.11 bits per heavy atom. The number of anilines is 1. The third-order valence-corrected chi connectivity index (χ3v) is 6.54. The van der Waals surface area contributed by atoms with Crippen LogP contribution in [0.5, 0.6) is 0 Å². The molecule has 1 radical (unpaired) electrons. The van der Waals surface area contributed by atoms with E-state index in [9.17, 15) is 5.11 Å². The quantitative estimate of drug-likeness (QED) is 0.234. The molecule has 0 amide bonds. The maximum absolute atomic E-state index is 10.4. The predicted molar refractivity (Wildman–Crippen MR) is 117 cm³/mol. The smallest absolute Gasteiger partial charge is 0.0809 e. The Kier molecular flexibility index (Phi) is 10.4. The first-order chi connectivity index (χ1) is 13.2. The van der Waals surface area contributed by atoms with Gasteiger partial charge in [0.25, 0.3) is 0 Å². The van der Waals surface area contributed by atoms with E-state index in [-0.39, 0.29) is 32.7 Å². The Bertz CT molecular complexity index is 741. The largest absolute Gasteiger partial charge is 0.398 e. The van der Waals surface area contributed by atoms with Crippen molar-refractivity contribution in [3.05, 3.63) is 57.8 Å². The molecule has 3 N–H and O–H groups in total. The minimum absolute atomic E-state index is 0. The normalized spacial score (nSPS) is 17.2. The van der Waals surface area contributed by atoms with Gasteiger partial charge >= 0.3 is 0 Å². The minimum atomic E-state index is -0.443. The summed E-state index contributed by atoms with van der Waals surface area (Å²) in [5, 5.41) is 13.6. The number of nitrogen functional groups attached to an aromatic ring is 1. The average molecular weight is 471 g/mol. The summed E-state index contributed by atoms with van der Waals surface area (Å²) in [6.45, 7) is 2.18. The second-order valence-corrected chi connectivity index (χ2v) is 8.67. The number of benzene rings is 1. The van der Waals surface area contributed by atoms with Gasteiger partial charge in [0.1, 0.15) is 0 Å². The number of thiophene rings is 1.